The Morgan fingerprint density at radius 1 is 1.10 bits per heavy atom. The largest absolute Gasteiger partial charge is 0.319 e. The molecule has 0 fully saturated rings. The van der Waals surface area contributed by atoms with Gasteiger partial charge >= 0.3 is 0 Å². The highest BCUT2D eigenvalue weighted by molar-refractivity contribution is 9.10. The summed E-state index contributed by atoms with van der Waals surface area (Å²) in [6.45, 7) is 0.852. The van der Waals surface area contributed by atoms with Crippen molar-refractivity contribution >= 4 is 31.9 Å². The quantitative estimate of drug-likeness (QED) is 0.752. The lowest BCUT2D eigenvalue weighted by Gasteiger charge is -2.18. The molecule has 106 valence electrons. The van der Waals surface area contributed by atoms with Crippen molar-refractivity contribution in [1.82, 2.24) is 5.32 Å². The highest BCUT2D eigenvalue weighted by atomic mass is 79.9. The zero-order chi connectivity index (χ0) is 14.5. The molecule has 1 atom stereocenters. The maximum absolute atomic E-state index is 13.5. The van der Waals surface area contributed by atoms with Gasteiger partial charge in [-0.05, 0) is 54.9 Å². The highest BCUT2D eigenvalue weighted by Gasteiger charge is 2.13. The number of halogens is 3. The van der Waals surface area contributed by atoms with Gasteiger partial charge in [-0.1, -0.05) is 44.0 Å². The van der Waals surface area contributed by atoms with Crippen LogP contribution in [-0.2, 0) is 6.42 Å². The van der Waals surface area contributed by atoms with E-state index in [4.69, 9.17) is 0 Å². The SMILES string of the molecule is CNCC(Cc1cc(F)cc(Br)c1)c1cccc(Br)c1. The average molecular weight is 401 g/mol. The molecule has 1 unspecified atom stereocenters. The zero-order valence-electron chi connectivity index (χ0n) is 11.2. The summed E-state index contributed by atoms with van der Waals surface area (Å²) in [5, 5.41) is 3.21. The molecule has 20 heavy (non-hydrogen) atoms. The van der Waals surface area contributed by atoms with Crippen molar-refractivity contribution in [2.75, 3.05) is 13.6 Å². The van der Waals surface area contributed by atoms with Gasteiger partial charge in [0.25, 0.3) is 0 Å². The first-order valence-corrected chi connectivity index (χ1v) is 8.02. The van der Waals surface area contributed by atoms with E-state index in [0.717, 1.165) is 27.5 Å². The van der Waals surface area contributed by atoms with Crippen LogP contribution in [0.25, 0.3) is 0 Å². The molecule has 0 saturated heterocycles. The van der Waals surface area contributed by atoms with Gasteiger partial charge in [0.2, 0.25) is 0 Å². The van der Waals surface area contributed by atoms with Crippen molar-refractivity contribution in [2.45, 2.75) is 12.3 Å². The van der Waals surface area contributed by atoms with Crippen LogP contribution in [0, 0.1) is 5.82 Å². The highest BCUT2D eigenvalue weighted by Crippen LogP contribution is 2.25. The lowest BCUT2D eigenvalue weighted by atomic mass is 9.92. The summed E-state index contributed by atoms with van der Waals surface area (Å²) in [4.78, 5) is 0. The Hall–Kier alpha value is -0.710. The molecule has 0 saturated carbocycles. The molecule has 0 amide bonds. The van der Waals surface area contributed by atoms with Crippen LogP contribution in [-0.4, -0.2) is 13.6 Å². The van der Waals surface area contributed by atoms with Crippen LogP contribution >= 0.6 is 31.9 Å². The van der Waals surface area contributed by atoms with E-state index in [1.165, 1.54) is 11.6 Å². The van der Waals surface area contributed by atoms with Gasteiger partial charge in [-0.3, -0.25) is 0 Å². The van der Waals surface area contributed by atoms with E-state index < -0.39 is 0 Å². The molecule has 2 aromatic carbocycles. The molecule has 1 N–H and O–H groups in total. The minimum atomic E-state index is -0.202. The number of hydrogen-bond acceptors (Lipinski definition) is 1. The molecule has 0 spiro atoms. The Balaban J connectivity index is 2.25. The van der Waals surface area contributed by atoms with Crippen LogP contribution in [0.1, 0.15) is 17.0 Å². The van der Waals surface area contributed by atoms with Crippen molar-refractivity contribution in [3.8, 4) is 0 Å². The van der Waals surface area contributed by atoms with Gasteiger partial charge in [-0.15, -0.1) is 0 Å². The Bertz CT molecular complexity index is 566. The van der Waals surface area contributed by atoms with Gasteiger partial charge in [0, 0.05) is 21.4 Å². The molecule has 2 aromatic rings. The number of rotatable bonds is 5. The first-order chi connectivity index (χ1) is 9.58. The Morgan fingerprint density at radius 3 is 2.55 bits per heavy atom. The Kier molecular flexibility index (Phi) is 5.75. The zero-order valence-corrected chi connectivity index (χ0v) is 14.3. The van der Waals surface area contributed by atoms with Crippen molar-refractivity contribution < 1.29 is 4.39 Å². The monoisotopic (exact) mass is 399 g/mol. The minimum Gasteiger partial charge on any atom is -0.319 e. The number of benzene rings is 2. The van der Waals surface area contributed by atoms with E-state index >= 15 is 0 Å². The summed E-state index contributed by atoms with van der Waals surface area (Å²) >= 11 is 6.85. The van der Waals surface area contributed by atoms with Crippen LogP contribution in [0.2, 0.25) is 0 Å². The van der Waals surface area contributed by atoms with Gasteiger partial charge in [-0.25, -0.2) is 4.39 Å². The van der Waals surface area contributed by atoms with E-state index in [2.05, 4.69) is 49.3 Å². The summed E-state index contributed by atoms with van der Waals surface area (Å²) in [6.07, 6.45) is 0.799. The molecule has 0 heterocycles. The number of likely N-dealkylation sites (N-methyl/N-ethyl adjacent to an activating group) is 1. The minimum absolute atomic E-state index is 0.202. The van der Waals surface area contributed by atoms with Crippen LogP contribution in [0.4, 0.5) is 4.39 Å². The summed E-state index contributed by atoms with van der Waals surface area (Å²) < 4.78 is 15.3. The van der Waals surface area contributed by atoms with Crippen molar-refractivity contribution in [2.24, 2.45) is 0 Å². The Morgan fingerprint density at radius 2 is 1.90 bits per heavy atom. The van der Waals surface area contributed by atoms with Gasteiger partial charge in [0.15, 0.2) is 0 Å². The van der Waals surface area contributed by atoms with E-state index in [1.807, 2.05) is 25.2 Å². The molecule has 0 aliphatic rings. The maximum atomic E-state index is 13.5. The smallest absolute Gasteiger partial charge is 0.124 e. The molecule has 0 aliphatic carbocycles. The third-order valence-electron chi connectivity index (χ3n) is 3.18. The van der Waals surface area contributed by atoms with Gasteiger partial charge < -0.3 is 5.32 Å². The molecular weight excluding hydrogens is 385 g/mol. The van der Waals surface area contributed by atoms with E-state index in [-0.39, 0.29) is 5.82 Å². The predicted octanol–water partition coefficient (Wildman–Crippen LogP) is 4.90. The summed E-state index contributed by atoms with van der Waals surface area (Å²) in [5.74, 6) is 0.109. The van der Waals surface area contributed by atoms with Gasteiger partial charge in [-0.2, -0.15) is 0 Å². The molecule has 0 radical (unpaired) electrons. The lowest BCUT2D eigenvalue weighted by Crippen LogP contribution is -2.19. The third kappa shape index (κ3) is 4.40. The van der Waals surface area contributed by atoms with Gasteiger partial charge in [0.05, 0.1) is 0 Å². The second-order valence-electron chi connectivity index (χ2n) is 4.79. The Labute approximate surface area is 135 Å². The predicted molar refractivity (Wildman–Crippen MR) is 88.6 cm³/mol. The van der Waals surface area contributed by atoms with Crippen molar-refractivity contribution in [1.29, 1.82) is 0 Å². The summed E-state index contributed by atoms with van der Waals surface area (Å²) in [6, 6.07) is 13.3. The fraction of sp³-hybridized carbons (Fsp3) is 0.250. The summed E-state index contributed by atoms with van der Waals surface area (Å²) in [5.41, 5.74) is 2.24. The average Bonchev–Trinajstić information content (AvgIpc) is 2.37. The standard InChI is InChI=1S/C16H16Br2FN/c1-20-10-13(12-3-2-4-14(17)8-12)5-11-6-15(18)9-16(19)7-11/h2-4,6-9,13,20H,5,10H2,1H3. The fourth-order valence-corrected chi connectivity index (χ4v) is 3.26. The normalized spacial score (nSPS) is 12.4. The van der Waals surface area contributed by atoms with E-state index in [9.17, 15) is 4.39 Å². The second kappa shape index (κ2) is 7.34. The van der Waals surface area contributed by atoms with Crippen molar-refractivity contribution in [3.05, 3.63) is 68.4 Å². The van der Waals surface area contributed by atoms with E-state index in [0.29, 0.717) is 5.92 Å². The maximum Gasteiger partial charge on any atom is 0.124 e. The van der Waals surface area contributed by atoms with Crippen LogP contribution in [0.3, 0.4) is 0 Å². The van der Waals surface area contributed by atoms with Crippen molar-refractivity contribution in [3.63, 3.8) is 0 Å². The first-order valence-electron chi connectivity index (χ1n) is 6.43. The third-order valence-corrected chi connectivity index (χ3v) is 4.13. The van der Waals surface area contributed by atoms with Crippen LogP contribution < -0.4 is 5.32 Å². The van der Waals surface area contributed by atoms with Crippen LogP contribution in [0.5, 0.6) is 0 Å². The second-order valence-corrected chi connectivity index (χ2v) is 6.62. The number of hydrogen-bond donors (Lipinski definition) is 1. The summed E-state index contributed by atoms with van der Waals surface area (Å²) in [7, 11) is 1.94. The first kappa shape index (κ1) is 15.7. The lowest BCUT2D eigenvalue weighted by molar-refractivity contribution is 0.607. The topological polar surface area (TPSA) is 12.0 Å². The van der Waals surface area contributed by atoms with E-state index in [1.54, 1.807) is 6.07 Å². The molecule has 2 rings (SSSR count). The molecule has 4 heteroatoms. The molecule has 0 aliphatic heterocycles. The fourth-order valence-electron chi connectivity index (χ4n) is 2.33. The molecule has 1 nitrogen and oxygen atoms in total. The van der Waals surface area contributed by atoms with Crippen LogP contribution in [0.15, 0.2) is 51.4 Å². The molecule has 0 bridgehead atoms. The molecule has 0 aromatic heterocycles. The molecular formula is C16H16Br2FN. The number of nitrogens with one attached hydrogen (secondary N) is 1. The van der Waals surface area contributed by atoms with Gasteiger partial charge in [0.1, 0.15) is 5.82 Å².